The third-order valence-corrected chi connectivity index (χ3v) is 4.57. The van der Waals surface area contributed by atoms with Crippen LogP contribution in [-0.4, -0.2) is 26.6 Å². The lowest BCUT2D eigenvalue weighted by molar-refractivity contribution is -0.148. The molecule has 2 N–H and O–H groups in total. The number of pyridine rings is 1. The second-order valence-electron chi connectivity index (χ2n) is 4.95. The third-order valence-electron chi connectivity index (χ3n) is 3.66. The van der Waals surface area contributed by atoms with E-state index in [1.807, 2.05) is 23.6 Å². The molecule has 2 heterocycles. The van der Waals surface area contributed by atoms with Crippen molar-refractivity contribution >= 4 is 17.3 Å². The smallest absolute Gasteiger partial charge is 0.323 e. The number of rotatable bonds is 5. The lowest BCUT2D eigenvalue weighted by atomic mass is 9.77. The Bertz CT molecular complexity index is 608. The van der Waals surface area contributed by atoms with E-state index in [9.17, 15) is 9.90 Å². The van der Waals surface area contributed by atoms with Gasteiger partial charge in [-0.2, -0.15) is 0 Å². The van der Waals surface area contributed by atoms with E-state index in [1.165, 1.54) is 11.3 Å². The minimum Gasteiger partial charge on any atom is -0.480 e. The molecule has 2 aromatic heterocycles. The van der Waals surface area contributed by atoms with Crippen LogP contribution in [0.25, 0.3) is 10.7 Å². The molecule has 5 nitrogen and oxygen atoms in total. The van der Waals surface area contributed by atoms with E-state index in [1.54, 1.807) is 6.20 Å². The fourth-order valence-corrected chi connectivity index (χ4v) is 3.05. The van der Waals surface area contributed by atoms with Crippen LogP contribution in [0.15, 0.2) is 29.8 Å². The summed E-state index contributed by atoms with van der Waals surface area (Å²) in [5, 5.41) is 15.2. The van der Waals surface area contributed by atoms with E-state index in [0.717, 1.165) is 22.8 Å². The largest absolute Gasteiger partial charge is 0.480 e. The van der Waals surface area contributed by atoms with Crippen molar-refractivity contribution in [1.29, 1.82) is 0 Å². The van der Waals surface area contributed by atoms with Gasteiger partial charge >= 0.3 is 5.97 Å². The molecule has 0 spiro atoms. The number of carboxylic acid groups (broad SMARTS) is 1. The zero-order chi connectivity index (χ0) is 14.0. The van der Waals surface area contributed by atoms with E-state index < -0.39 is 11.5 Å². The zero-order valence-electron chi connectivity index (χ0n) is 10.9. The number of carbonyl (C=O) groups is 1. The highest BCUT2D eigenvalue weighted by molar-refractivity contribution is 7.13. The van der Waals surface area contributed by atoms with E-state index >= 15 is 0 Å². The molecule has 1 aliphatic carbocycles. The first-order valence-corrected chi connectivity index (χ1v) is 7.42. The Labute approximate surface area is 120 Å². The van der Waals surface area contributed by atoms with E-state index in [0.29, 0.717) is 19.4 Å². The van der Waals surface area contributed by atoms with Crippen LogP contribution >= 0.6 is 11.3 Å². The van der Waals surface area contributed by atoms with Gasteiger partial charge in [0.05, 0.1) is 11.4 Å². The highest BCUT2D eigenvalue weighted by Crippen LogP contribution is 2.32. The second kappa shape index (κ2) is 5.30. The summed E-state index contributed by atoms with van der Waals surface area (Å²) in [6.07, 6.45) is 4.09. The van der Waals surface area contributed by atoms with Gasteiger partial charge in [-0.3, -0.25) is 15.1 Å². The normalized spacial score (nSPS) is 16.6. The minimum atomic E-state index is -0.760. The summed E-state index contributed by atoms with van der Waals surface area (Å²) in [6.45, 7) is 0.482. The van der Waals surface area contributed by atoms with Gasteiger partial charge in [-0.1, -0.05) is 6.07 Å². The van der Waals surface area contributed by atoms with Crippen LogP contribution in [0.3, 0.4) is 0 Å². The van der Waals surface area contributed by atoms with Gasteiger partial charge in [-0.15, -0.1) is 11.3 Å². The predicted molar refractivity (Wildman–Crippen MR) is 76.4 cm³/mol. The number of hydrogen-bond donors (Lipinski definition) is 2. The molecule has 0 unspecified atom stereocenters. The van der Waals surface area contributed by atoms with Crippen molar-refractivity contribution in [2.75, 3.05) is 0 Å². The van der Waals surface area contributed by atoms with Crippen LogP contribution in [0.4, 0.5) is 0 Å². The Morgan fingerprint density at radius 2 is 2.30 bits per heavy atom. The summed E-state index contributed by atoms with van der Waals surface area (Å²) in [6, 6.07) is 5.71. The molecule has 0 saturated heterocycles. The minimum absolute atomic E-state index is 0.482. The summed E-state index contributed by atoms with van der Waals surface area (Å²) in [7, 11) is 0. The Morgan fingerprint density at radius 3 is 2.90 bits per heavy atom. The highest BCUT2D eigenvalue weighted by Gasteiger charge is 2.43. The molecule has 1 fully saturated rings. The molecule has 2 aromatic rings. The first-order valence-electron chi connectivity index (χ1n) is 6.54. The van der Waals surface area contributed by atoms with Gasteiger partial charge in [0.1, 0.15) is 10.5 Å². The molecule has 3 rings (SSSR count). The first kappa shape index (κ1) is 13.2. The van der Waals surface area contributed by atoms with Crippen molar-refractivity contribution in [2.45, 2.75) is 31.3 Å². The van der Waals surface area contributed by atoms with Crippen LogP contribution in [0, 0.1) is 0 Å². The maximum Gasteiger partial charge on any atom is 0.323 e. The monoisotopic (exact) mass is 289 g/mol. The Hall–Kier alpha value is -1.79. The SMILES string of the molecule is O=C(O)C1(NCc2csc(-c3ccccn3)n2)CCC1. The summed E-state index contributed by atoms with van der Waals surface area (Å²) in [4.78, 5) is 20.0. The molecule has 0 bridgehead atoms. The summed E-state index contributed by atoms with van der Waals surface area (Å²) >= 11 is 1.53. The molecule has 0 aliphatic heterocycles. The lowest BCUT2D eigenvalue weighted by Gasteiger charge is -2.38. The Morgan fingerprint density at radius 1 is 1.45 bits per heavy atom. The number of nitrogens with one attached hydrogen (secondary N) is 1. The van der Waals surface area contributed by atoms with Crippen molar-refractivity contribution in [1.82, 2.24) is 15.3 Å². The molecule has 1 aliphatic rings. The number of aliphatic carboxylic acids is 1. The number of aromatic nitrogens is 2. The van der Waals surface area contributed by atoms with Gasteiger partial charge in [0.15, 0.2) is 0 Å². The average Bonchev–Trinajstić information content (AvgIpc) is 2.87. The maximum absolute atomic E-state index is 11.3. The van der Waals surface area contributed by atoms with Crippen LogP contribution in [0.5, 0.6) is 0 Å². The van der Waals surface area contributed by atoms with Crippen LogP contribution in [-0.2, 0) is 11.3 Å². The van der Waals surface area contributed by atoms with Crippen molar-refractivity contribution in [3.63, 3.8) is 0 Å². The molecule has 104 valence electrons. The number of carboxylic acids is 1. The van der Waals surface area contributed by atoms with Crippen molar-refractivity contribution in [2.24, 2.45) is 0 Å². The molecule has 1 saturated carbocycles. The van der Waals surface area contributed by atoms with Gasteiger partial charge in [-0.25, -0.2) is 4.98 Å². The molecular weight excluding hydrogens is 274 g/mol. The highest BCUT2D eigenvalue weighted by atomic mass is 32.1. The standard InChI is InChI=1S/C14H15N3O2S/c18-13(19)14(5-3-6-14)16-8-10-9-20-12(17-10)11-4-1-2-7-15-11/h1-2,4,7,9,16H,3,5-6,8H2,(H,18,19). The number of hydrogen-bond acceptors (Lipinski definition) is 5. The van der Waals surface area contributed by atoms with Crippen LogP contribution in [0.1, 0.15) is 25.0 Å². The topological polar surface area (TPSA) is 75.1 Å². The molecule has 0 radical (unpaired) electrons. The van der Waals surface area contributed by atoms with Crippen LogP contribution in [0.2, 0.25) is 0 Å². The number of thiazole rings is 1. The predicted octanol–water partition coefficient (Wildman–Crippen LogP) is 2.30. The molecule has 0 amide bonds. The fourth-order valence-electron chi connectivity index (χ4n) is 2.25. The van der Waals surface area contributed by atoms with Crippen molar-refractivity contribution in [3.8, 4) is 10.7 Å². The summed E-state index contributed by atoms with van der Waals surface area (Å²) < 4.78 is 0. The average molecular weight is 289 g/mol. The molecule has 6 heteroatoms. The Balaban J connectivity index is 1.68. The maximum atomic E-state index is 11.3. The molecule has 20 heavy (non-hydrogen) atoms. The van der Waals surface area contributed by atoms with Gasteiger partial charge in [0, 0.05) is 18.1 Å². The lowest BCUT2D eigenvalue weighted by Crippen LogP contribution is -2.56. The van der Waals surface area contributed by atoms with Gasteiger partial charge in [-0.05, 0) is 31.4 Å². The van der Waals surface area contributed by atoms with Crippen molar-refractivity contribution in [3.05, 3.63) is 35.5 Å². The summed E-state index contributed by atoms with van der Waals surface area (Å²) in [5.41, 5.74) is 0.970. The van der Waals surface area contributed by atoms with Crippen molar-refractivity contribution < 1.29 is 9.90 Å². The first-order chi connectivity index (χ1) is 9.70. The van der Waals surface area contributed by atoms with E-state index in [4.69, 9.17) is 0 Å². The molecular formula is C14H15N3O2S. The van der Waals surface area contributed by atoms with Gasteiger partial charge < -0.3 is 5.11 Å². The van der Waals surface area contributed by atoms with Crippen LogP contribution < -0.4 is 5.32 Å². The number of nitrogens with zero attached hydrogens (tertiary/aromatic N) is 2. The summed E-state index contributed by atoms with van der Waals surface area (Å²) in [5.74, 6) is -0.760. The van der Waals surface area contributed by atoms with E-state index in [-0.39, 0.29) is 0 Å². The zero-order valence-corrected chi connectivity index (χ0v) is 11.7. The van der Waals surface area contributed by atoms with E-state index in [2.05, 4.69) is 15.3 Å². The third kappa shape index (κ3) is 2.44. The Kier molecular flexibility index (Phi) is 3.50. The molecule has 0 aromatic carbocycles. The quantitative estimate of drug-likeness (QED) is 0.883. The van der Waals surface area contributed by atoms with Gasteiger partial charge in [0.2, 0.25) is 0 Å². The fraction of sp³-hybridized carbons (Fsp3) is 0.357. The van der Waals surface area contributed by atoms with Gasteiger partial charge in [0.25, 0.3) is 0 Å². The second-order valence-corrected chi connectivity index (χ2v) is 5.81. The molecule has 0 atom stereocenters.